The van der Waals surface area contributed by atoms with Crippen LogP contribution in [0.15, 0.2) is 60.9 Å². The summed E-state index contributed by atoms with van der Waals surface area (Å²) in [7, 11) is 4.42. The Hall–Kier alpha value is -5.94. The molecule has 0 bridgehead atoms. The number of nitrogens with one attached hydrogen (secondary N) is 4. The van der Waals surface area contributed by atoms with Crippen molar-refractivity contribution in [2.45, 2.75) is 79.6 Å². The third-order valence-electron chi connectivity index (χ3n) is 9.02. The number of H-pyrrole nitrogens is 2. The minimum Gasteiger partial charge on any atom is -0.471 e. The normalized spacial score (nSPS) is 11.7. The molecular formula is C43H58N8O6. The van der Waals surface area contributed by atoms with E-state index in [2.05, 4.69) is 54.1 Å². The largest absolute Gasteiger partial charge is 0.471 e. The van der Waals surface area contributed by atoms with Gasteiger partial charge in [0.1, 0.15) is 17.7 Å². The van der Waals surface area contributed by atoms with Gasteiger partial charge in [0, 0.05) is 24.2 Å². The number of rotatable bonds is 17. The van der Waals surface area contributed by atoms with Gasteiger partial charge in [-0.05, 0) is 67.1 Å². The Bertz CT molecular complexity index is 1920. The lowest BCUT2D eigenvalue weighted by Crippen LogP contribution is -2.51. The second-order valence-electron chi connectivity index (χ2n) is 14.1. The molecule has 0 spiro atoms. The predicted octanol–water partition coefficient (Wildman–Crippen LogP) is 5.76. The number of hydrogen-bond acceptors (Lipinski definition) is 9. The molecule has 0 aliphatic heterocycles. The fraction of sp³-hybridized carbons (Fsp3) is 0.442. The van der Waals surface area contributed by atoms with E-state index >= 15 is 0 Å². The quantitative estimate of drug-likeness (QED) is 0.0768. The molecule has 14 heteroatoms. The third kappa shape index (κ3) is 13.6. The van der Waals surface area contributed by atoms with Gasteiger partial charge in [-0.1, -0.05) is 77.6 Å². The topological polar surface area (TPSA) is 175 Å². The Morgan fingerprint density at radius 1 is 0.737 bits per heavy atom. The first-order valence-corrected chi connectivity index (χ1v) is 19.3. The van der Waals surface area contributed by atoms with Crippen LogP contribution in [-0.4, -0.2) is 101 Å². The average Bonchev–Trinajstić information content (AvgIpc) is 3.89. The van der Waals surface area contributed by atoms with Crippen LogP contribution in [0.3, 0.4) is 0 Å². The zero-order chi connectivity index (χ0) is 41.9. The summed E-state index contributed by atoms with van der Waals surface area (Å²) in [4.78, 5) is 66.8. The van der Waals surface area contributed by atoms with Gasteiger partial charge in [0.15, 0.2) is 0 Å². The fourth-order valence-electron chi connectivity index (χ4n) is 6.06. The first-order valence-electron chi connectivity index (χ1n) is 19.3. The van der Waals surface area contributed by atoms with Gasteiger partial charge >= 0.3 is 6.09 Å². The van der Waals surface area contributed by atoms with Crippen LogP contribution in [-0.2, 0) is 36.9 Å². The molecule has 57 heavy (non-hydrogen) atoms. The van der Waals surface area contributed by atoms with Crippen LogP contribution in [0.4, 0.5) is 4.79 Å². The van der Waals surface area contributed by atoms with E-state index in [1.165, 1.54) is 14.2 Å². The second-order valence-corrected chi connectivity index (χ2v) is 14.1. The molecule has 4 rings (SSSR count). The molecule has 2 aromatic carbocycles. The summed E-state index contributed by atoms with van der Waals surface area (Å²) in [6.07, 6.45) is 4.56. The van der Waals surface area contributed by atoms with E-state index in [9.17, 15) is 14.4 Å². The van der Waals surface area contributed by atoms with Gasteiger partial charge in [0.2, 0.25) is 11.8 Å². The van der Waals surface area contributed by atoms with E-state index in [0.717, 1.165) is 52.3 Å². The van der Waals surface area contributed by atoms with Crippen LogP contribution in [0.5, 0.6) is 0 Å². The predicted molar refractivity (Wildman–Crippen MR) is 220 cm³/mol. The Morgan fingerprint density at radius 2 is 1.14 bits per heavy atom. The summed E-state index contributed by atoms with van der Waals surface area (Å²) < 4.78 is 8.59. The highest BCUT2D eigenvalue weighted by atomic mass is 16.5. The van der Waals surface area contributed by atoms with Crippen molar-refractivity contribution in [1.82, 2.24) is 40.4 Å². The molecule has 0 radical (unpaired) electrons. The van der Waals surface area contributed by atoms with Gasteiger partial charge in [0.25, 0.3) is 6.47 Å². The van der Waals surface area contributed by atoms with Crippen molar-refractivity contribution in [3.05, 3.63) is 83.7 Å². The van der Waals surface area contributed by atoms with Crippen molar-refractivity contribution in [3.63, 3.8) is 0 Å². The summed E-state index contributed by atoms with van der Waals surface area (Å²) in [5.41, 5.74) is 5.40. The summed E-state index contributed by atoms with van der Waals surface area (Å²) in [6, 6.07) is 15.0. The SMILES string of the molecule is CCCN(Cc1ncc(-c2ccc(C#Cc3ccc(-c4cnc(CN(CCC)C(=O)C(NC(=O)OC)C(C)C)[nH]4)cc3)cc2)[nH]1)C(=O)C(NC)C(C)C.COC=O. The maximum Gasteiger partial charge on any atom is 0.407 e. The molecule has 2 heterocycles. The van der Waals surface area contributed by atoms with Crippen LogP contribution in [0.25, 0.3) is 22.5 Å². The minimum absolute atomic E-state index is 0.0858. The number of imidazole rings is 2. The number of nitrogens with zero attached hydrogens (tertiary/aromatic N) is 4. The summed E-state index contributed by atoms with van der Waals surface area (Å²) >= 11 is 0. The standard InChI is InChI=1S/C41H54N8O4.C2H4O2/c1-9-21-48(39(50)37(42-7)27(3)4)25-35-43-23-33(45-35)31-17-13-29(14-18-31)11-12-30-15-19-32(20-16-30)34-24-44-36(46-34)26-49(22-10-2)40(51)38(28(5)6)47-41(52)53-8;1-4-2-3/h13-20,23-24,27-28,37-38,42H,9-10,21-22,25-26H2,1-8H3,(H,43,45)(H,44,46)(H,47,52);2H,1H3. The number of carbonyl (C=O) groups excluding carboxylic acids is 4. The minimum atomic E-state index is -0.702. The number of methoxy groups -OCH3 is 2. The number of benzene rings is 2. The van der Waals surface area contributed by atoms with Crippen LogP contribution < -0.4 is 10.6 Å². The van der Waals surface area contributed by atoms with E-state index in [4.69, 9.17) is 9.53 Å². The molecule has 306 valence electrons. The highest BCUT2D eigenvalue weighted by molar-refractivity contribution is 5.86. The van der Waals surface area contributed by atoms with Gasteiger partial charge in [-0.15, -0.1) is 0 Å². The number of likely N-dealkylation sites (N-methyl/N-ethyl adjacent to an activating group) is 1. The lowest BCUT2D eigenvalue weighted by atomic mass is 10.0. The van der Waals surface area contributed by atoms with E-state index in [1.54, 1.807) is 17.3 Å². The van der Waals surface area contributed by atoms with Crippen molar-refractivity contribution in [1.29, 1.82) is 0 Å². The van der Waals surface area contributed by atoms with E-state index < -0.39 is 12.1 Å². The van der Waals surface area contributed by atoms with E-state index in [-0.39, 0.29) is 36.2 Å². The second kappa shape index (κ2) is 23.2. The first kappa shape index (κ1) is 45.4. The highest BCUT2D eigenvalue weighted by Gasteiger charge is 2.29. The Morgan fingerprint density at radius 3 is 1.47 bits per heavy atom. The van der Waals surface area contributed by atoms with E-state index in [1.807, 2.05) is 95.1 Å². The van der Waals surface area contributed by atoms with Gasteiger partial charge < -0.3 is 39.9 Å². The molecule has 2 unspecified atom stereocenters. The molecule has 2 atom stereocenters. The van der Waals surface area contributed by atoms with Gasteiger partial charge in [-0.25, -0.2) is 14.8 Å². The highest BCUT2D eigenvalue weighted by Crippen LogP contribution is 2.21. The van der Waals surface area contributed by atoms with Crippen LogP contribution in [0.2, 0.25) is 0 Å². The smallest absolute Gasteiger partial charge is 0.407 e. The van der Waals surface area contributed by atoms with Crippen molar-refractivity contribution < 1.29 is 28.7 Å². The molecule has 0 saturated heterocycles. The Balaban J connectivity index is 0.00000207. The van der Waals surface area contributed by atoms with Crippen molar-refractivity contribution in [2.75, 3.05) is 34.4 Å². The van der Waals surface area contributed by atoms with Crippen LogP contribution in [0.1, 0.15) is 77.2 Å². The summed E-state index contributed by atoms with van der Waals surface area (Å²) in [5.74, 6) is 7.87. The Labute approximate surface area is 336 Å². The number of aromatic nitrogens is 4. The molecule has 3 amide bonds. The molecule has 4 aromatic rings. The van der Waals surface area contributed by atoms with Gasteiger partial charge in [-0.3, -0.25) is 14.4 Å². The molecule has 2 aromatic heterocycles. The lowest BCUT2D eigenvalue weighted by molar-refractivity contribution is -0.136. The molecule has 0 aliphatic rings. The van der Waals surface area contributed by atoms with Gasteiger partial charge in [-0.2, -0.15) is 0 Å². The van der Waals surface area contributed by atoms with Crippen molar-refractivity contribution in [2.24, 2.45) is 11.8 Å². The number of hydrogen-bond donors (Lipinski definition) is 4. The molecule has 0 saturated carbocycles. The van der Waals surface area contributed by atoms with E-state index in [0.29, 0.717) is 31.9 Å². The number of alkyl carbamates (subject to hydrolysis) is 1. The molecule has 4 N–H and O–H groups in total. The molecule has 0 aliphatic carbocycles. The zero-order valence-corrected chi connectivity index (χ0v) is 34.6. The van der Waals surface area contributed by atoms with Crippen LogP contribution >= 0.6 is 0 Å². The Kier molecular flexibility index (Phi) is 18.5. The first-order chi connectivity index (χ1) is 27.4. The monoisotopic (exact) mass is 782 g/mol. The average molecular weight is 783 g/mol. The van der Waals surface area contributed by atoms with Crippen molar-refractivity contribution in [3.8, 4) is 34.4 Å². The molecular weight excluding hydrogens is 725 g/mol. The maximum absolute atomic E-state index is 13.4. The third-order valence-corrected chi connectivity index (χ3v) is 9.02. The zero-order valence-electron chi connectivity index (χ0n) is 34.6. The van der Waals surface area contributed by atoms with Gasteiger partial charge in [0.05, 0.1) is 57.1 Å². The molecule has 14 nitrogen and oxygen atoms in total. The lowest BCUT2D eigenvalue weighted by Gasteiger charge is -2.28. The number of carbonyl (C=O) groups is 4. The number of ether oxygens (including phenoxy) is 2. The fourth-order valence-corrected chi connectivity index (χ4v) is 6.06. The summed E-state index contributed by atoms with van der Waals surface area (Å²) in [6.45, 7) is 14.2. The summed E-state index contributed by atoms with van der Waals surface area (Å²) in [5, 5.41) is 5.82. The molecule has 0 fully saturated rings. The van der Waals surface area contributed by atoms with Crippen molar-refractivity contribution >= 4 is 24.4 Å². The van der Waals surface area contributed by atoms with Crippen LogP contribution in [0, 0.1) is 23.7 Å². The number of aromatic amines is 2. The number of amides is 3. The maximum atomic E-state index is 13.4.